The summed E-state index contributed by atoms with van der Waals surface area (Å²) in [5.41, 5.74) is 4.82. The molecular formula is C10H13ClNO2+. The van der Waals surface area contributed by atoms with Gasteiger partial charge >= 0.3 is 5.97 Å². The van der Waals surface area contributed by atoms with Crippen molar-refractivity contribution in [2.75, 3.05) is 7.11 Å². The summed E-state index contributed by atoms with van der Waals surface area (Å²) in [4.78, 5) is 11.0. The van der Waals surface area contributed by atoms with Crippen LogP contribution in [0.15, 0.2) is 24.3 Å². The lowest BCUT2D eigenvalue weighted by atomic mass is 10.1. The fourth-order valence-electron chi connectivity index (χ4n) is 1.16. The van der Waals surface area contributed by atoms with Gasteiger partial charge in [0, 0.05) is 10.6 Å². The molecule has 1 aromatic rings. The quantitative estimate of drug-likeness (QED) is 0.769. The summed E-state index contributed by atoms with van der Waals surface area (Å²) in [6, 6.07) is 7.22. The van der Waals surface area contributed by atoms with Gasteiger partial charge in [-0.15, -0.1) is 0 Å². The molecule has 0 saturated carbocycles. The van der Waals surface area contributed by atoms with E-state index in [1.54, 1.807) is 6.07 Å². The topological polar surface area (TPSA) is 53.9 Å². The van der Waals surface area contributed by atoms with E-state index in [9.17, 15) is 4.79 Å². The van der Waals surface area contributed by atoms with Crippen LogP contribution in [0.5, 0.6) is 0 Å². The summed E-state index contributed by atoms with van der Waals surface area (Å²) < 4.78 is 4.56. The van der Waals surface area contributed by atoms with E-state index in [4.69, 9.17) is 11.6 Å². The fourth-order valence-corrected chi connectivity index (χ4v) is 1.36. The van der Waals surface area contributed by atoms with E-state index >= 15 is 0 Å². The molecule has 0 aliphatic rings. The molecule has 1 rings (SSSR count). The number of rotatable bonds is 3. The van der Waals surface area contributed by atoms with Crippen molar-refractivity contribution in [3.8, 4) is 0 Å². The Balaban J connectivity index is 2.69. The number of carbonyl (C=O) groups is 1. The molecular weight excluding hydrogens is 202 g/mol. The van der Waals surface area contributed by atoms with Crippen LogP contribution < -0.4 is 5.73 Å². The first-order valence-electron chi connectivity index (χ1n) is 4.29. The molecule has 0 spiro atoms. The zero-order valence-electron chi connectivity index (χ0n) is 8.00. The minimum absolute atomic E-state index is 0.110. The molecule has 3 nitrogen and oxygen atoms in total. The molecule has 1 atom stereocenters. The standard InChI is InChI=1S/C10H12ClNO2/c1-14-10(13)6-9(12)7-3-2-4-8(11)5-7/h2-5,9H,6,12H2,1H3/p+1/t9-/m0/s1. The number of hydrogen-bond donors (Lipinski definition) is 1. The Hall–Kier alpha value is -1.06. The highest BCUT2D eigenvalue weighted by molar-refractivity contribution is 6.30. The average Bonchev–Trinajstić information content (AvgIpc) is 2.17. The summed E-state index contributed by atoms with van der Waals surface area (Å²) in [7, 11) is 1.37. The third-order valence-corrected chi connectivity index (χ3v) is 2.20. The van der Waals surface area contributed by atoms with Crippen LogP contribution in [0, 0.1) is 0 Å². The van der Waals surface area contributed by atoms with Crippen molar-refractivity contribution in [1.29, 1.82) is 0 Å². The Bertz CT molecular complexity index is 328. The summed E-state index contributed by atoms with van der Waals surface area (Å²) in [6.07, 6.45) is 0.275. The molecule has 0 saturated heterocycles. The van der Waals surface area contributed by atoms with Gasteiger partial charge in [-0.25, -0.2) is 0 Å². The zero-order chi connectivity index (χ0) is 10.6. The van der Waals surface area contributed by atoms with Gasteiger partial charge in [-0.05, 0) is 12.1 Å². The number of halogens is 1. The van der Waals surface area contributed by atoms with Gasteiger partial charge in [0.15, 0.2) is 0 Å². The lowest BCUT2D eigenvalue weighted by Gasteiger charge is -2.07. The van der Waals surface area contributed by atoms with Crippen LogP contribution in [0.3, 0.4) is 0 Å². The number of benzene rings is 1. The Labute approximate surface area is 87.8 Å². The van der Waals surface area contributed by atoms with E-state index in [1.807, 2.05) is 18.2 Å². The molecule has 0 bridgehead atoms. The number of quaternary nitrogens is 1. The molecule has 0 heterocycles. The molecule has 1 aromatic carbocycles. The number of carbonyl (C=O) groups excluding carboxylic acids is 1. The molecule has 0 amide bonds. The molecule has 0 radical (unpaired) electrons. The first-order valence-corrected chi connectivity index (χ1v) is 4.66. The smallest absolute Gasteiger partial charge is 0.311 e. The monoisotopic (exact) mass is 214 g/mol. The lowest BCUT2D eigenvalue weighted by molar-refractivity contribution is -0.425. The van der Waals surface area contributed by atoms with Crippen molar-refractivity contribution in [2.24, 2.45) is 0 Å². The Morgan fingerprint density at radius 2 is 2.36 bits per heavy atom. The van der Waals surface area contributed by atoms with E-state index in [0.717, 1.165) is 5.56 Å². The largest absolute Gasteiger partial charge is 0.469 e. The van der Waals surface area contributed by atoms with Crippen molar-refractivity contribution in [1.82, 2.24) is 0 Å². The maximum absolute atomic E-state index is 11.0. The number of ether oxygens (including phenoxy) is 1. The summed E-state index contributed by atoms with van der Waals surface area (Å²) in [5, 5.41) is 0.654. The van der Waals surface area contributed by atoms with Gasteiger partial charge in [0.05, 0.1) is 7.11 Å². The Morgan fingerprint density at radius 1 is 1.64 bits per heavy atom. The number of esters is 1. The van der Waals surface area contributed by atoms with Crippen molar-refractivity contribution in [3.05, 3.63) is 34.9 Å². The van der Waals surface area contributed by atoms with Gasteiger partial charge in [-0.3, -0.25) is 4.79 Å². The van der Waals surface area contributed by atoms with Crippen LogP contribution >= 0.6 is 11.6 Å². The first kappa shape index (κ1) is 11.0. The van der Waals surface area contributed by atoms with E-state index in [2.05, 4.69) is 10.5 Å². The second-order valence-electron chi connectivity index (χ2n) is 3.03. The van der Waals surface area contributed by atoms with E-state index in [-0.39, 0.29) is 18.4 Å². The third kappa shape index (κ3) is 3.01. The molecule has 76 valence electrons. The molecule has 14 heavy (non-hydrogen) atoms. The van der Waals surface area contributed by atoms with Gasteiger partial charge in [0.1, 0.15) is 12.5 Å². The van der Waals surface area contributed by atoms with Crippen LogP contribution in [0.2, 0.25) is 5.02 Å². The van der Waals surface area contributed by atoms with Gasteiger partial charge in [0.25, 0.3) is 0 Å². The van der Waals surface area contributed by atoms with Crippen molar-refractivity contribution in [3.63, 3.8) is 0 Å². The highest BCUT2D eigenvalue weighted by atomic mass is 35.5. The predicted molar refractivity (Wildman–Crippen MR) is 53.7 cm³/mol. The van der Waals surface area contributed by atoms with E-state index in [1.165, 1.54) is 7.11 Å². The molecule has 0 fully saturated rings. The maximum Gasteiger partial charge on any atom is 0.311 e. The fraction of sp³-hybridized carbons (Fsp3) is 0.300. The molecule has 0 aromatic heterocycles. The highest BCUT2D eigenvalue weighted by Gasteiger charge is 2.15. The summed E-state index contributed by atoms with van der Waals surface area (Å²) in [5.74, 6) is -0.259. The van der Waals surface area contributed by atoms with Gasteiger partial charge in [-0.2, -0.15) is 0 Å². The lowest BCUT2D eigenvalue weighted by Crippen LogP contribution is -2.54. The second-order valence-corrected chi connectivity index (χ2v) is 3.47. The number of hydrogen-bond acceptors (Lipinski definition) is 2. The number of methoxy groups -OCH3 is 1. The second kappa shape index (κ2) is 4.98. The minimum Gasteiger partial charge on any atom is -0.469 e. The van der Waals surface area contributed by atoms with Crippen LogP contribution in [0.1, 0.15) is 18.0 Å². The van der Waals surface area contributed by atoms with Crippen LogP contribution in [-0.2, 0) is 9.53 Å². The third-order valence-electron chi connectivity index (χ3n) is 1.96. The predicted octanol–water partition coefficient (Wildman–Crippen LogP) is 1.19. The Morgan fingerprint density at radius 3 is 2.93 bits per heavy atom. The van der Waals surface area contributed by atoms with Gasteiger partial charge in [-0.1, -0.05) is 23.7 Å². The summed E-state index contributed by atoms with van der Waals surface area (Å²) in [6.45, 7) is 0. The SMILES string of the molecule is COC(=O)C[C@H]([NH3+])c1cccc(Cl)c1. The average molecular weight is 215 g/mol. The van der Waals surface area contributed by atoms with Gasteiger partial charge in [0.2, 0.25) is 0 Å². The van der Waals surface area contributed by atoms with Crippen molar-refractivity contribution < 1.29 is 15.3 Å². The van der Waals surface area contributed by atoms with E-state index in [0.29, 0.717) is 5.02 Å². The normalized spacial score (nSPS) is 12.2. The molecule has 0 aliphatic heterocycles. The molecule has 3 N–H and O–H groups in total. The highest BCUT2D eigenvalue weighted by Crippen LogP contribution is 2.17. The van der Waals surface area contributed by atoms with Crippen molar-refractivity contribution >= 4 is 17.6 Å². The minimum atomic E-state index is -0.259. The van der Waals surface area contributed by atoms with Crippen LogP contribution in [-0.4, -0.2) is 13.1 Å². The summed E-state index contributed by atoms with van der Waals surface area (Å²) >= 11 is 5.82. The van der Waals surface area contributed by atoms with Gasteiger partial charge < -0.3 is 10.5 Å². The van der Waals surface area contributed by atoms with E-state index < -0.39 is 0 Å². The van der Waals surface area contributed by atoms with Crippen LogP contribution in [0.4, 0.5) is 0 Å². The molecule has 0 aliphatic carbocycles. The molecule has 4 heteroatoms. The zero-order valence-corrected chi connectivity index (χ0v) is 8.75. The maximum atomic E-state index is 11.0. The Kier molecular flexibility index (Phi) is 3.92. The van der Waals surface area contributed by atoms with Crippen LogP contribution in [0.25, 0.3) is 0 Å². The first-order chi connectivity index (χ1) is 6.63. The van der Waals surface area contributed by atoms with Crippen molar-refractivity contribution in [2.45, 2.75) is 12.5 Å². The molecule has 0 unspecified atom stereocenters.